The molecule has 1 N–H and O–H groups in total. The number of methoxy groups -OCH3 is 1. The molecule has 6 aromatic rings. The van der Waals surface area contributed by atoms with Gasteiger partial charge in [0.05, 0.1) is 20.3 Å². The Morgan fingerprint density at radius 1 is 0.740 bits per heavy atom. The summed E-state index contributed by atoms with van der Waals surface area (Å²) in [5.41, 5.74) is 10.6. The molecule has 0 amide bonds. The van der Waals surface area contributed by atoms with Crippen LogP contribution in [0.4, 0.5) is 5.69 Å². The van der Waals surface area contributed by atoms with Gasteiger partial charge in [-0.25, -0.2) is 0 Å². The van der Waals surface area contributed by atoms with Crippen molar-refractivity contribution in [3.05, 3.63) is 149 Å². The molecular formula is C45H39NO4. The summed E-state index contributed by atoms with van der Waals surface area (Å²) < 4.78 is 18.7. The molecule has 248 valence electrons. The van der Waals surface area contributed by atoms with Crippen molar-refractivity contribution >= 4 is 22.5 Å². The lowest BCUT2D eigenvalue weighted by Gasteiger charge is -2.38. The van der Waals surface area contributed by atoms with Crippen LogP contribution in [0.2, 0.25) is 0 Å². The highest BCUT2D eigenvalue weighted by Gasteiger charge is 2.44. The van der Waals surface area contributed by atoms with Gasteiger partial charge in [0.1, 0.15) is 17.2 Å². The van der Waals surface area contributed by atoms with Gasteiger partial charge in [-0.15, -0.1) is 0 Å². The summed E-state index contributed by atoms with van der Waals surface area (Å²) in [7, 11) is 1.68. The van der Waals surface area contributed by atoms with Gasteiger partial charge >= 0.3 is 0 Å². The molecule has 0 bridgehead atoms. The van der Waals surface area contributed by atoms with Crippen LogP contribution in [0.15, 0.2) is 121 Å². The molecule has 5 heteroatoms. The molecule has 1 aliphatic carbocycles. The summed E-state index contributed by atoms with van der Waals surface area (Å²) in [4.78, 5) is 2.42. The van der Waals surface area contributed by atoms with Crippen LogP contribution in [0.1, 0.15) is 41.7 Å². The molecule has 50 heavy (non-hydrogen) atoms. The number of benzene rings is 6. The molecule has 0 aromatic heterocycles. The molecule has 0 radical (unpaired) electrons. The standard InChI is InChI=1S/C45H39NO4/c1-44(2)40-27-30(29-7-5-4-6-8-29)9-19-37(40)41-39-28-33(46-23-25-49-26-24-46)14-20-36(39)43-38(42(41)44)21-22-45(50-43,31-10-15-34(47)16-11-31)32-12-17-35(48-3)18-13-32/h4-22,27-28,47H,23-26H2,1-3H3. The van der Waals surface area contributed by atoms with E-state index < -0.39 is 5.60 Å². The van der Waals surface area contributed by atoms with Gasteiger partial charge in [-0.3, -0.25) is 0 Å². The van der Waals surface area contributed by atoms with Crippen molar-refractivity contribution < 1.29 is 19.3 Å². The second-order valence-corrected chi connectivity index (χ2v) is 14.0. The maximum absolute atomic E-state index is 10.3. The Morgan fingerprint density at radius 3 is 2.18 bits per heavy atom. The normalized spacial score (nSPS) is 18.7. The summed E-state index contributed by atoms with van der Waals surface area (Å²) in [5.74, 6) is 1.86. The molecule has 1 atom stereocenters. The van der Waals surface area contributed by atoms with Gasteiger partial charge in [0, 0.05) is 46.3 Å². The molecule has 5 nitrogen and oxygen atoms in total. The Labute approximate surface area is 293 Å². The van der Waals surface area contributed by atoms with Crippen LogP contribution < -0.4 is 14.4 Å². The third kappa shape index (κ3) is 4.64. The lowest BCUT2D eigenvalue weighted by atomic mass is 9.76. The molecule has 6 aromatic carbocycles. The van der Waals surface area contributed by atoms with Crippen molar-refractivity contribution in [2.45, 2.75) is 24.9 Å². The van der Waals surface area contributed by atoms with E-state index in [1.165, 1.54) is 44.5 Å². The first kappa shape index (κ1) is 30.5. The minimum Gasteiger partial charge on any atom is -0.508 e. The average molecular weight is 658 g/mol. The van der Waals surface area contributed by atoms with Crippen molar-refractivity contribution in [3.63, 3.8) is 0 Å². The van der Waals surface area contributed by atoms with Crippen LogP contribution in [0.3, 0.4) is 0 Å². The van der Waals surface area contributed by atoms with Crippen LogP contribution >= 0.6 is 0 Å². The van der Waals surface area contributed by atoms with Crippen LogP contribution in [-0.2, 0) is 15.8 Å². The highest BCUT2D eigenvalue weighted by Crippen LogP contribution is 2.59. The summed E-state index contributed by atoms with van der Waals surface area (Å²) >= 11 is 0. The van der Waals surface area contributed by atoms with E-state index in [0.29, 0.717) is 0 Å². The zero-order chi connectivity index (χ0) is 34.0. The molecule has 1 saturated heterocycles. The minimum atomic E-state index is -0.937. The number of phenolic OH excluding ortho intramolecular Hbond substituents is 1. The number of morpholine rings is 1. The average Bonchev–Trinajstić information content (AvgIpc) is 3.41. The smallest absolute Gasteiger partial charge is 0.178 e. The quantitative estimate of drug-likeness (QED) is 0.200. The number of phenols is 1. The van der Waals surface area contributed by atoms with Gasteiger partial charge in [-0.1, -0.05) is 86.7 Å². The molecule has 2 aliphatic heterocycles. The van der Waals surface area contributed by atoms with E-state index in [-0.39, 0.29) is 11.2 Å². The number of anilines is 1. The molecule has 2 heterocycles. The third-order valence-corrected chi connectivity index (χ3v) is 10.9. The highest BCUT2D eigenvalue weighted by atomic mass is 16.5. The molecule has 3 aliphatic rings. The Balaban J connectivity index is 1.31. The fraction of sp³-hybridized carbons (Fsp3) is 0.200. The van der Waals surface area contributed by atoms with E-state index in [1.807, 2.05) is 24.3 Å². The van der Waals surface area contributed by atoms with E-state index >= 15 is 0 Å². The largest absolute Gasteiger partial charge is 0.508 e. The van der Waals surface area contributed by atoms with E-state index in [9.17, 15) is 5.11 Å². The summed E-state index contributed by atoms with van der Waals surface area (Å²) in [5, 5.41) is 12.5. The summed E-state index contributed by atoms with van der Waals surface area (Å²) in [6, 6.07) is 39.9. The van der Waals surface area contributed by atoms with Crippen LogP contribution in [0.25, 0.3) is 39.1 Å². The predicted molar refractivity (Wildman–Crippen MR) is 202 cm³/mol. The van der Waals surface area contributed by atoms with E-state index in [2.05, 4.69) is 110 Å². The lowest BCUT2D eigenvalue weighted by Crippen LogP contribution is -2.36. The topological polar surface area (TPSA) is 51.2 Å². The van der Waals surface area contributed by atoms with Gasteiger partial charge in [-0.05, 0) is 93.4 Å². The van der Waals surface area contributed by atoms with E-state index in [0.717, 1.165) is 59.9 Å². The van der Waals surface area contributed by atoms with E-state index in [4.69, 9.17) is 14.2 Å². The van der Waals surface area contributed by atoms with Crippen LogP contribution in [-0.4, -0.2) is 38.5 Å². The van der Waals surface area contributed by atoms with Gasteiger partial charge in [0.15, 0.2) is 5.60 Å². The van der Waals surface area contributed by atoms with E-state index in [1.54, 1.807) is 19.2 Å². The maximum Gasteiger partial charge on any atom is 0.178 e. The minimum absolute atomic E-state index is 0.215. The van der Waals surface area contributed by atoms with Crippen molar-refractivity contribution in [1.29, 1.82) is 0 Å². The zero-order valence-corrected chi connectivity index (χ0v) is 28.6. The number of nitrogens with zero attached hydrogens (tertiary/aromatic N) is 1. The highest BCUT2D eigenvalue weighted by molar-refractivity contribution is 6.09. The second kappa shape index (κ2) is 11.5. The number of fused-ring (bicyclic) bond motifs is 8. The van der Waals surface area contributed by atoms with Crippen molar-refractivity contribution in [1.82, 2.24) is 0 Å². The Hall–Kier alpha value is -5.52. The lowest BCUT2D eigenvalue weighted by molar-refractivity contribution is 0.122. The first-order valence-electron chi connectivity index (χ1n) is 17.4. The van der Waals surface area contributed by atoms with Crippen molar-refractivity contribution in [3.8, 4) is 39.5 Å². The molecule has 1 fully saturated rings. The zero-order valence-electron chi connectivity index (χ0n) is 28.6. The first-order chi connectivity index (χ1) is 24.4. The van der Waals surface area contributed by atoms with Crippen molar-refractivity contribution in [2.75, 3.05) is 38.3 Å². The molecule has 1 unspecified atom stereocenters. The van der Waals surface area contributed by atoms with Gasteiger partial charge in [0.25, 0.3) is 0 Å². The summed E-state index contributed by atoms with van der Waals surface area (Å²) in [6.07, 6.45) is 4.46. The number of ether oxygens (including phenoxy) is 3. The van der Waals surface area contributed by atoms with Gasteiger partial charge in [0.2, 0.25) is 0 Å². The first-order valence-corrected chi connectivity index (χ1v) is 17.4. The van der Waals surface area contributed by atoms with Crippen molar-refractivity contribution in [2.24, 2.45) is 0 Å². The molecular weight excluding hydrogens is 618 g/mol. The maximum atomic E-state index is 10.3. The fourth-order valence-electron chi connectivity index (χ4n) is 8.33. The molecule has 0 spiro atoms. The van der Waals surface area contributed by atoms with Crippen LogP contribution in [0, 0.1) is 0 Å². The molecule has 0 saturated carbocycles. The number of hydrogen-bond acceptors (Lipinski definition) is 5. The SMILES string of the molecule is COc1ccc(C2(c3ccc(O)cc3)C=Cc3c4c(c5cc(N6CCOCC6)ccc5c3O2)-c2ccc(-c3ccccc3)cc2C4(C)C)cc1. The molecule has 9 rings (SSSR count). The fourth-order valence-corrected chi connectivity index (χ4v) is 8.33. The Kier molecular flexibility index (Phi) is 7.04. The number of hydrogen-bond donors (Lipinski definition) is 1. The monoisotopic (exact) mass is 657 g/mol. The Bertz CT molecular complexity index is 2280. The number of rotatable bonds is 5. The van der Waals surface area contributed by atoms with Crippen LogP contribution in [0.5, 0.6) is 17.2 Å². The number of aromatic hydroxyl groups is 1. The Morgan fingerprint density at radius 2 is 1.46 bits per heavy atom. The second-order valence-electron chi connectivity index (χ2n) is 14.0. The third-order valence-electron chi connectivity index (χ3n) is 10.9. The van der Waals surface area contributed by atoms with Gasteiger partial charge in [-0.2, -0.15) is 0 Å². The summed E-state index contributed by atoms with van der Waals surface area (Å²) in [6.45, 7) is 7.88. The predicted octanol–water partition coefficient (Wildman–Crippen LogP) is 9.71. The van der Waals surface area contributed by atoms with Gasteiger partial charge < -0.3 is 24.2 Å².